The van der Waals surface area contributed by atoms with Gasteiger partial charge in [-0.1, -0.05) is 54.0 Å². The van der Waals surface area contributed by atoms with Crippen LogP contribution in [0, 0.1) is 5.82 Å². The molecular formula is C16H18BrFN2. The SMILES string of the molecule is CC(C)(CNc1c(N)cccc1F)c1ccccc1Br. The lowest BCUT2D eigenvalue weighted by atomic mass is 9.84. The summed E-state index contributed by atoms with van der Waals surface area (Å²) in [7, 11) is 0. The van der Waals surface area contributed by atoms with E-state index in [1.807, 2.05) is 18.2 Å². The highest BCUT2D eigenvalue weighted by Gasteiger charge is 2.23. The van der Waals surface area contributed by atoms with Crippen LogP contribution < -0.4 is 11.1 Å². The van der Waals surface area contributed by atoms with Crippen LogP contribution in [-0.2, 0) is 5.41 Å². The van der Waals surface area contributed by atoms with E-state index in [2.05, 4.69) is 41.2 Å². The molecular weight excluding hydrogens is 319 g/mol. The molecule has 0 saturated heterocycles. The van der Waals surface area contributed by atoms with Gasteiger partial charge >= 0.3 is 0 Å². The molecule has 20 heavy (non-hydrogen) atoms. The Balaban J connectivity index is 2.20. The van der Waals surface area contributed by atoms with Crippen molar-refractivity contribution in [3.8, 4) is 0 Å². The van der Waals surface area contributed by atoms with E-state index in [1.165, 1.54) is 11.6 Å². The Morgan fingerprint density at radius 1 is 1.15 bits per heavy atom. The molecule has 0 aliphatic heterocycles. The van der Waals surface area contributed by atoms with E-state index >= 15 is 0 Å². The molecule has 0 aliphatic rings. The van der Waals surface area contributed by atoms with Crippen LogP contribution in [0.15, 0.2) is 46.9 Å². The van der Waals surface area contributed by atoms with Crippen LogP contribution in [0.5, 0.6) is 0 Å². The number of halogens is 2. The van der Waals surface area contributed by atoms with Crippen LogP contribution in [0.25, 0.3) is 0 Å². The Kier molecular flexibility index (Phi) is 4.33. The molecule has 0 fully saturated rings. The van der Waals surface area contributed by atoms with Gasteiger partial charge in [0.2, 0.25) is 0 Å². The number of hydrogen-bond acceptors (Lipinski definition) is 2. The van der Waals surface area contributed by atoms with Gasteiger partial charge in [-0.25, -0.2) is 4.39 Å². The molecule has 2 aromatic rings. The molecule has 0 spiro atoms. The monoisotopic (exact) mass is 336 g/mol. The molecule has 3 N–H and O–H groups in total. The molecule has 2 rings (SSSR count). The van der Waals surface area contributed by atoms with Crippen molar-refractivity contribution in [3.63, 3.8) is 0 Å². The summed E-state index contributed by atoms with van der Waals surface area (Å²) in [6.45, 7) is 4.80. The van der Waals surface area contributed by atoms with E-state index in [0.29, 0.717) is 17.9 Å². The zero-order chi connectivity index (χ0) is 14.8. The quantitative estimate of drug-likeness (QED) is 0.803. The number of nitrogens with two attached hydrogens (primary N) is 1. The average molecular weight is 337 g/mol. The van der Waals surface area contributed by atoms with Crippen molar-refractivity contribution < 1.29 is 4.39 Å². The maximum atomic E-state index is 13.8. The Morgan fingerprint density at radius 2 is 1.85 bits per heavy atom. The molecule has 0 atom stereocenters. The minimum Gasteiger partial charge on any atom is -0.397 e. The highest BCUT2D eigenvalue weighted by atomic mass is 79.9. The Bertz CT molecular complexity index is 591. The summed E-state index contributed by atoms with van der Waals surface area (Å²) in [5, 5.41) is 3.13. The predicted octanol–water partition coefficient (Wildman–Crippen LogP) is 4.56. The Hall–Kier alpha value is -1.55. The Labute approximate surface area is 127 Å². The second-order valence-corrected chi connectivity index (χ2v) is 6.28. The first kappa shape index (κ1) is 14.9. The Morgan fingerprint density at radius 3 is 2.50 bits per heavy atom. The summed E-state index contributed by atoms with van der Waals surface area (Å²) in [4.78, 5) is 0. The van der Waals surface area contributed by atoms with Crippen LogP contribution in [0.4, 0.5) is 15.8 Å². The van der Waals surface area contributed by atoms with Gasteiger partial charge < -0.3 is 11.1 Å². The lowest BCUT2D eigenvalue weighted by Gasteiger charge is -2.27. The van der Waals surface area contributed by atoms with Crippen molar-refractivity contribution in [1.29, 1.82) is 0 Å². The van der Waals surface area contributed by atoms with Crippen molar-refractivity contribution >= 4 is 27.3 Å². The van der Waals surface area contributed by atoms with Crippen LogP contribution in [0.2, 0.25) is 0 Å². The zero-order valence-corrected chi connectivity index (χ0v) is 13.2. The number of hydrogen-bond donors (Lipinski definition) is 2. The highest BCUT2D eigenvalue weighted by molar-refractivity contribution is 9.10. The molecule has 2 nitrogen and oxygen atoms in total. The highest BCUT2D eigenvalue weighted by Crippen LogP contribution is 2.31. The molecule has 0 heterocycles. The summed E-state index contributed by atoms with van der Waals surface area (Å²) in [5.74, 6) is -0.326. The zero-order valence-electron chi connectivity index (χ0n) is 11.6. The van der Waals surface area contributed by atoms with Gasteiger partial charge in [0, 0.05) is 16.4 Å². The van der Waals surface area contributed by atoms with Crippen LogP contribution in [-0.4, -0.2) is 6.54 Å². The first-order chi connectivity index (χ1) is 9.42. The summed E-state index contributed by atoms with van der Waals surface area (Å²) in [5.41, 5.74) is 7.61. The molecule has 0 amide bonds. The first-order valence-electron chi connectivity index (χ1n) is 6.45. The third-order valence-electron chi connectivity index (χ3n) is 3.36. The van der Waals surface area contributed by atoms with Gasteiger partial charge in [0.05, 0.1) is 11.4 Å². The summed E-state index contributed by atoms with van der Waals surface area (Å²) < 4.78 is 14.8. The average Bonchev–Trinajstić information content (AvgIpc) is 2.38. The molecule has 4 heteroatoms. The lowest BCUT2D eigenvalue weighted by Crippen LogP contribution is -2.28. The smallest absolute Gasteiger partial charge is 0.148 e. The second-order valence-electron chi connectivity index (χ2n) is 5.42. The summed E-state index contributed by atoms with van der Waals surface area (Å²) >= 11 is 3.56. The molecule has 0 bridgehead atoms. The van der Waals surface area contributed by atoms with E-state index in [4.69, 9.17) is 5.73 Å². The minimum atomic E-state index is -0.326. The van der Waals surface area contributed by atoms with E-state index in [-0.39, 0.29) is 11.2 Å². The molecule has 106 valence electrons. The van der Waals surface area contributed by atoms with Crippen LogP contribution >= 0.6 is 15.9 Å². The molecule has 0 saturated carbocycles. The number of nitrogen functional groups attached to an aromatic ring is 1. The summed E-state index contributed by atoms with van der Waals surface area (Å²) in [6, 6.07) is 12.8. The third kappa shape index (κ3) is 3.12. The number of para-hydroxylation sites is 1. The van der Waals surface area contributed by atoms with Crippen molar-refractivity contribution in [2.75, 3.05) is 17.6 Å². The number of rotatable bonds is 4. The van der Waals surface area contributed by atoms with Gasteiger partial charge in [0.15, 0.2) is 0 Å². The fraction of sp³-hybridized carbons (Fsp3) is 0.250. The van der Waals surface area contributed by atoms with Crippen LogP contribution in [0.3, 0.4) is 0 Å². The summed E-state index contributed by atoms with van der Waals surface area (Å²) in [6.07, 6.45) is 0. The molecule has 2 aromatic carbocycles. The van der Waals surface area contributed by atoms with E-state index in [0.717, 1.165) is 4.47 Å². The molecule has 0 aromatic heterocycles. The lowest BCUT2D eigenvalue weighted by molar-refractivity contribution is 0.550. The molecule has 0 radical (unpaired) electrons. The third-order valence-corrected chi connectivity index (χ3v) is 4.05. The van der Waals surface area contributed by atoms with Crippen LogP contribution in [0.1, 0.15) is 19.4 Å². The van der Waals surface area contributed by atoms with E-state index < -0.39 is 0 Å². The maximum Gasteiger partial charge on any atom is 0.148 e. The second kappa shape index (κ2) is 5.83. The van der Waals surface area contributed by atoms with Crippen molar-refractivity contribution in [3.05, 3.63) is 58.3 Å². The van der Waals surface area contributed by atoms with Crippen molar-refractivity contribution in [1.82, 2.24) is 0 Å². The number of anilines is 2. The van der Waals surface area contributed by atoms with Gasteiger partial charge in [0.1, 0.15) is 5.82 Å². The van der Waals surface area contributed by atoms with Gasteiger partial charge in [-0.15, -0.1) is 0 Å². The van der Waals surface area contributed by atoms with Crippen molar-refractivity contribution in [2.45, 2.75) is 19.3 Å². The first-order valence-corrected chi connectivity index (χ1v) is 7.24. The van der Waals surface area contributed by atoms with E-state index in [9.17, 15) is 4.39 Å². The fourth-order valence-electron chi connectivity index (χ4n) is 2.14. The van der Waals surface area contributed by atoms with Crippen molar-refractivity contribution in [2.24, 2.45) is 0 Å². The van der Waals surface area contributed by atoms with Gasteiger partial charge in [-0.05, 0) is 23.8 Å². The largest absolute Gasteiger partial charge is 0.397 e. The van der Waals surface area contributed by atoms with Gasteiger partial charge in [0.25, 0.3) is 0 Å². The van der Waals surface area contributed by atoms with Gasteiger partial charge in [-0.3, -0.25) is 0 Å². The normalized spacial score (nSPS) is 11.4. The maximum absolute atomic E-state index is 13.8. The molecule has 0 aliphatic carbocycles. The number of nitrogens with one attached hydrogen (secondary N) is 1. The van der Waals surface area contributed by atoms with E-state index in [1.54, 1.807) is 12.1 Å². The topological polar surface area (TPSA) is 38.0 Å². The fourth-order valence-corrected chi connectivity index (χ4v) is 2.96. The molecule has 0 unspecified atom stereocenters. The standard InChI is InChI=1S/C16H18BrFN2/c1-16(2,11-6-3-4-7-12(11)17)10-20-15-13(18)8-5-9-14(15)19/h3-9,20H,10,19H2,1-2H3. The minimum absolute atomic E-state index is 0.158. The number of benzene rings is 2. The van der Waals surface area contributed by atoms with Gasteiger partial charge in [-0.2, -0.15) is 0 Å². The predicted molar refractivity (Wildman–Crippen MR) is 86.5 cm³/mol.